The summed E-state index contributed by atoms with van der Waals surface area (Å²) in [6.07, 6.45) is 2.81. The summed E-state index contributed by atoms with van der Waals surface area (Å²) in [4.78, 5) is 5.03. The molecule has 1 saturated heterocycles. The predicted octanol–water partition coefficient (Wildman–Crippen LogP) is 0.622. The Balaban J connectivity index is 1.58. The second-order valence-electron chi connectivity index (χ2n) is 5.39. The highest BCUT2D eigenvalue weighted by molar-refractivity contribution is 4.82. The van der Waals surface area contributed by atoms with Crippen LogP contribution in [0, 0.1) is 5.92 Å². The van der Waals surface area contributed by atoms with Gasteiger partial charge in [-0.2, -0.15) is 0 Å². The average Bonchev–Trinajstić information content (AvgIpc) is 3.02. The van der Waals surface area contributed by atoms with Crippen molar-refractivity contribution in [3.8, 4) is 0 Å². The minimum absolute atomic E-state index is 0.800. The van der Waals surface area contributed by atoms with Gasteiger partial charge in [0, 0.05) is 38.8 Å². The fraction of sp³-hybridized carbons (Fsp3) is 1.00. The lowest BCUT2D eigenvalue weighted by atomic mass is 10.1. The molecule has 0 radical (unpaired) electrons. The summed E-state index contributed by atoms with van der Waals surface area (Å²) in [5, 5.41) is 3.62. The summed E-state index contributed by atoms with van der Waals surface area (Å²) in [6, 6.07) is 0.861. The fourth-order valence-corrected chi connectivity index (χ4v) is 2.19. The van der Waals surface area contributed by atoms with Crippen LogP contribution < -0.4 is 5.32 Å². The molecule has 0 aromatic rings. The van der Waals surface area contributed by atoms with Crippen LogP contribution in [0.4, 0.5) is 0 Å². The summed E-state index contributed by atoms with van der Waals surface area (Å²) in [5.74, 6) is 0.800. The molecule has 1 aliphatic heterocycles. The van der Waals surface area contributed by atoms with Crippen LogP contribution in [-0.4, -0.2) is 62.2 Å². The van der Waals surface area contributed by atoms with E-state index in [1.165, 1.54) is 52.1 Å². The van der Waals surface area contributed by atoms with Crippen molar-refractivity contribution < 1.29 is 0 Å². The molecule has 1 aliphatic carbocycles. The second kappa shape index (κ2) is 5.28. The van der Waals surface area contributed by atoms with Crippen molar-refractivity contribution in [2.24, 2.45) is 5.92 Å². The Hall–Kier alpha value is -0.120. The maximum Gasteiger partial charge on any atom is 0.0110 e. The van der Waals surface area contributed by atoms with E-state index in [4.69, 9.17) is 0 Å². The standard InChI is InChI=1S/C12H25N3/c1-11(9-13-12-3-4-12)10-15-7-5-14(2)6-8-15/h11-13H,3-10H2,1-2H3. The van der Waals surface area contributed by atoms with E-state index in [0.717, 1.165) is 12.0 Å². The number of hydrogen-bond acceptors (Lipinski definition) is 3. The quantitative estimate of drug-likeness (QED) is 0.719. The Morgan fingerprint density at radius 2 is 1.87 bits per heavy atom. The second-order valence-corrected chi connectivity index (χ2v) is 5.39. The van der Waals surface area contributed by atoms with Crippen LogP contribution in [0.1, 0.15) is 19.8 Å². The molecular weight excluding hydrogens is 186 g/mol. The van der Waals surface area contributed by atoms with Gasteiger partial charge in [0.05, 0.1) is 0 Å². The van der Waals surface area contributed by atoms with E-state index in [1.807, 2.05) is 0 Å². The lowest BCUT2D eigenvalue weighted by Crippen LogP contribution is -2.46. The van der Waals surface area contributed by atoms with Gasteiger partial charge in [0.15, 0.2) is 0 Å². The van der Waals surface area contributed by atoms with Crippen LogP contribution >= 0.6 is 0 Å². The molecule has 2 fully saturated rings. The topological polar surface area (TPSA) is 18.5 Å². The first-order valence-electron chi connectivity index (χ1n) is 6.38. The zero-order valence-corrected chi connectivity index (χ0v) is 10.2. The van der Waals surface area contributed by atoms with Crippen LogP contribution in [0.2, 0.25) is 0 Å². The van der Waals surface area contributed by atoms with E-state index in [9.17, 15) is 0 Å². The van der Waals surface area contributed by atoms with Crippen LogP contribution in [0.15, 0.2) is 0 Å². The highest BCUT2D eigenvalue weighted by Crippen LogP contribution is 2.18. The van der Waals surface area contributed by atoms with Gasteiger partial charge in [-0.3, -0.25) is 0 Å². The molecule has 1 N–H and O–H groups in total. The minimum atomic E-state index is 0.800. The van der Waals surface area contributed by atoms with Crippen LogP contribution in [0.3, 0.4) is 0 Å². The zero-order chi connectivity index (χ0) is 10.7. The number of rotatable bonds is 5. The van der Waals surface area contributed by atoms with E-state index in [2.05, 4.69) is 29.1 Å². The molecule has 0 aromatic heterocycles. The number of likely N-dealkylation sites (N-methyl/N-ethyl adjacent to an activating group) is 1. The predicted molar refractivity (Wildman–Crippen MR) is 64.1 cm³/mol. The van der Waals surface area contributed by atoms with Gasteiger partial charge < -0.3 is 15.1 Å². The summed E-state index contributed by atoms with van der Waals surface area (Å²) in [7, 11) is 2.22. The molecule has 15 heavy (non-hydrogen) atoms. The lowest BCUT2D eigenvalue weighted by molar-refractivity contribution is 0.138. The van der Waals surface area contributed by atoms with E-state index >= 15 is 0 Å². The molecule has 2 aliphatic rings. The normalized spacial score (nSPS) is 26.8. The summed E-state index contributed by atoms with van der Waals surface area (Å²) in [6.45, 7) is 9.83. The van der Waals surface area contributed by atoms with Gasteiger partial charge in [0.2, 0.25) is 0 Å². The molecule has 1 heterocycles. The largest absolute Gasteiger partial charge is 0.314 e. The van der Waals surface area contributed by atoms with Gasteiger partial charge in [-0.15, -0.1) is 0 Å². The van der Waals surface area contributed by atoms with Crippen molar-refractivity contribution in [3.05, 3.63) is 0 Å². The van der Waals surface area contributed by atoms with Gasteiger partial charge >= 0.3 is 0 Å². The van der Waals surface area contributed by atoms with Gasteiger partial charge in [-0.1, -0.05) is 6.92 Å². The third kappa shape index (κ3) is 4.09. The van der Waals surface area contributed by atoms with E-state index in [0.29, 0.717) is 0 Å². The number of piperazine rings is 1. The van der Waals surface area contributed by atoms with E-state index in [-0.39, 0.29) is 0 Å². The number of nitrogens with zero attached hydrogens (tertiary/aromatic N) is 2. The SMILES string of the molecule is CC(CNC1CC1)CN1CCN(C)CC1. The molecular formula is C12H25N3. The molecule has 88 valence electrons. The molecule has 1 atom stereocenters. The molecule has 0 spiro atoms. The Morgan fingerprint density at radius 3 is 2.47 bits per heavy atom. The first kappa shape index (κ1) is 11.4. The Bertz CT molecular complexity index is 183. The summed E-state index contributed by atoms with van der Waals surface area (Å²) >= 11 is 0. The van der Waals surface area contributed by atoms with Crippen molar-refractivity contribution >= 4 is 0 Å². The lowest BCUT2D eigenvalue weighted by Gasteiger charge is -2.34. The van der Waals surface area contributed by atoms with Gasteiger partial charge in [0.25, 0.3) is 0 Å². The highest BCUT2D eigenvalue weighted by atomic mass is 15.2. The van der Waals surface area contributed by atoms with Crippen molar-refractivity contribution in [2.45, 2.75) is 25.8 Å². The summed E-state index contributed by atoms with van der Waals surface area (Å²) < 4.78 is 0. The Labute approximate surface area is 93.8 Å². The van der Waals surface area contributed by atoms with Crippen molar-refractivity contribution in [1.82, 2.24) is 15.1 Å². The fourth-order valence-electron chi connectivity index (χ4n) is 2.19. The van der Waals surface area contributed by atoms with Gasteiger partial charge in [-0.25, -0.2) is 0 Å². The molecule has 2 rings (SSSR count). The van der Waals surface area contributed by atoms with E-state index < -0.39 is 0 Å². The number of nitrogens with one attached hydrogen (secondary N) is 1. The molecule has 0 amide bonds. The van der Waals surface area contributed by atoms with Crippen molar-refractivity contribution in [1.29, 1.82) is 0 Å². The first-order chi connectivity index (χ1) is 7.24. The Kier molecular flexibility index (Phi) is 4.00. The maximum atomic E-state index is 3.62. The van der Waals surface area contributed by atoms with Crippen molar-refractivity contribution in [3.63, 3.8) is 0 Å². The zero-order valence-electron chi connectivity index (χ0n) is 10.2. The smallest absolute Gasteiger partial charge is 0.0110 e. The van der Waals surface area contributed by atoms with Crippen LogP contribution in [0.25, 0.3) is 0 Å². The van der Waals surface area contributed by atoms with Crippen LogP contribution in [-0.2, 0) is 0 Å². The van der Waals surface area contributed by atoms with Gasteiger partial charge in [-0.05, 0) is 32.4 Å². The molecule has 0 bridgehead atoms. The third-order valence-corrected chi connectivity index (χ3v) is 3.50. The molecule has 3 heteroatoms. The van der Waals surface area contributed by atoms with Crippen molar-refractivity contribution in [2.75, 3.05) is 46.3 Å². The molecule has 1 saturated carbocycles. The van der Waals surface area contributed by atoms with E-state index in [1.54, 1.807) is 0 Å². The van der Waals surface area contributed by atoms with Crippen LogP contribution in [0.5, 0.6) is 0 Å². The molecule has 3 nitrogen and oxygen atoms in total. The third-order valence-electron chi connectivity index (χ3n) is 3.50. The minimum Gasteiger partial charge on any atom is -0.314 e. The monoisotopic (exact) mass is 211 g/mol. The van der Waals surface area contributed by atoms with Gasteiger partial charge in [0.1, 0.15) is 0 Å². The molecule has 1 unspecified atom stereocenters. The molecule has 0 aromatic carbocycles. The first-order valence-corrected chi connectivity index (χ1v) is 6.38. The average molecular weight is 211 g/mol. The summed E-state index contributed by atoms with van der Waals surface area (Å²) in [5.41, 5.74) is 0. The Morgan fingerprint density at radius 1 is 1.20 bits per heavy atom. The highest BCUT2D eigenvalue weighted by Gasteiger charge is 2.22. The maximum absolute atomic E-state index is 3.62. The number of hydrogen-bond donors (Lipinski definition) is 1.